The lowest BCUT2D eigenvalue weighted by Crippen LogP contribution is -2.46. The van der Waals surface area contributed by atoms with Gasteiger partial charge in [0, 0.05) is 5.56 Å². The fraction of sp³-hybridized carbons (Fsp3) is 0.467. The zero-order valence-electron chi connectivity index (χ0n) is 12.9. The summed E-state index contributed by atoms with van der Waals surface area (Å²) < 4.78 is 10.8. The van der Waals surface area contributed by atoms with Gasteiger partial charge >= 0.3 is 5.97 Å². The van der Waals surface area contributed by atoms with E-state index in [1.165, 1.54) is 6.07 Å². The molecule has 0 bridgehead atoms. The first kappa shape index (κ1) is 17.8. The Morgan fingerprint density at radius 3 is 2.32 bits per heavy atom. The molecule has 0 heterocycles. The lowest BCUT2D eigenvalue weighted by Gasteiger charge is -2.18. The Morgan fingerprint density at radius 1 is 1.18 bits per heavy atom. The molecule has 1 aromatic rings. The monoisotopic (exact) mass is 311 g/mol. The average Bonchev–Trinajstić information content (AvgIpc) is 2.47. The molecular weight excluding hydrogens is 290 g/mol. The lowest BCUT2D eigenvalue weighted by atomic mass is 10.1. The molecule has 0 saturated heterocycles. The molecule has 3 N–H and O–H groups in total. The number of carbonyl (C=O) groups is 2. The number of rotatable bonds is 8. The van der Waals surface area contributed by atoms with Gasteiger partial charge in [-0.25, -0.2) is 4.79 Å². The summed E-state index contributed by atoms with van der Waals surface area (Å²) >= 11 is 0. The van der Waals surface area contributed by atoms with Crippen LogP contribution in [0.15, 0.2) is 18.2 Å². The van der Waals surface area contributed by atoms with Crippen molar-refractivity contribution in [3.8, 4) is 11.5 Å². The summed E-state index contributed by atoms with van der Waals surface area (Å²) in [7, 11) is 0. The van der Waals surface area contributed by atoms with Crippen LogP contribution < -0.4 is 14.8 Å². The molecule has 1 unspecified atom stereocenters. The summed E-state index contributed by atoms with van der Waals surface area (Å²) in [5.74, 6) is -0.958. The Hall–Kier alpha value is -2.28. The predicted molar refractivity (Wildman–Crippen MR) is 79.4 cm³/mol. The minimum atomic E-state index is -2.02. The molecule has 7 heteroatoms. The normalized spacial score (nSPS) is 13.1. The largest absolute Gasteiger partial charge is 0.490 e. The summed E-state index contributed by atoms with van der Waals surface area (Å²) in [4.78, 5) is 22.8. The third-order valence-corrected chi connectivity index (χ3v) is 2.86. The molecule has 0 radical (unpaired) electrons. The fourth-order valence-electron chi connectivity index (χ4n) is 1.62. The Balaban J connectivity index is 2.85. The molecular formula is C15H21NO6. The number of carboxylic acids is 1. The zero-order valence-corrected chi connectivity index (χ0v) is 12.9. The molecule has 1 amide bonds. The molecule has 0 spiro atoms. The summed E-state index contributed by atoms with van der Waals surface area (Å²) in [5, 5.41) is 20.8. The van der Waals surface area contributed by atoms with Crippen LogP contribution in [0.4, 0.5) is 0 Å². The van der Waals surface area contributed by atoms with Gasteiger partial charge in [-0.2, -0.15) is 0 Å². The second-order valence-electron chi connectivity index (χ2n) is 4.79. The highest BCUT2D eigenvalue weighted by Crippen LogP contribution is 2.28. The summed E-state index contributed by atoms with van der Waals surface area (Å²) in [6.07, 6.45) is 0. The van der Waals surface area contributed by atoms with Gasteiger partial charge in [-0.1, -0.05) is 0 Å². The smallest absolute Gasteiger partial charge is 0.337 e. The summed E-state index contributed by atoms with van der Waals surface area (Å²) in [5.41, 5.74) is -1.74. The van der Waals surface area contributed by atoms with Gasteiger partial charge in [0.05, 0.1) is 19.8 Å². The average molecular weight is 311 g/mol. The van der Waals surface area contributed by atoms with E-state index in [0.29, 0.717) is 24.7 Å². The van der Waals surface area contributed by atoms with Crippen LogP contribution in [-0.2, 0) is 4.79 Å². The molecule has 0 aromatic heterocycles. The zero-order chi connectivity index (χ0) is 16.8. The van der Waals surface area contributed by atoms with Crippen LogP contribution in [0.2, 0.25) is 0 Å². The van der Waals surface area contributed by atoms with Gasteiger partial charge in [0.1, 0.15) is 0 Å². The molecule has 1 aromatic carbocycles. The summed E-state index contributed by atoms with van der Waals surface area (Å²) in [6, 6.07) is 4.66. The van der Waals surface area contributed by atoms with Crippen LogP contribution in [0.1, 0.15) is 31.1 Å². The number of carbonyl (C=O) groups excluding carboxylic acids is 1. The number of hydrogen-bond acceptors (Lipinski definition) is 5. The van der Waals surface area contributed by atoms with Crippen LogP contribution in [0.3, 0.4) is 0 Å². The van der Waals surface area contributed by atoms with Crippen molar-refractivity contribution in [3.05, 3.63) is 23.8 Å². The van der Waals surface area contributed by atoms with Crippen molar-refractivity contribution in [1.29, 1.82) is 0 Å². The van der Waals surface area contributed by atoms with Gasteiger partial charge in [0.2, 0.25) is 0 Å². The van der Waals surface area contributed by atoms with E-state index in [2.05, 4.69) is 5.32 Å². The maximum Gasteiger partial charge on any atom is 0.337 e. The van der Waals surface area contributed by atoms with Crippen molar-refractivity contribution in [2.75, 3.05) is 19.8 Å². The molecule has 22 heavy (non-hydrogen) atoms. The number of carboxylic acid groups (broad SMARTS) is 1. The topological polar surface area (TPSA) is 105 Å². The van der Waals surface area contributed by atoms with E-state index in [1.807, 2.05) is 13.8 Å². The number of ether oxygens (including phenoxy) is 2. The van der Waals surface area contributed by atoms with Crippen molar-refractivity contribution in [3.63, 3.8) is 0 Å². The van der Waals surface area contributed by atoms with Crippen LogP contribution in [0.5, 0.6) is 11.5 Å². The molecule has 1 rings (SSSR count). The van der Waals surface area contributed by atoms with Crippen LogP contribution in [0.25, 0.3) is 0 Å². The van der Waals surface area contributed by atoms with E-state index >= 15 is 0 Å². The highest BCUT2D eigenvalue weighted by atomic mass is 16.5. The van der Waals surface area contributed by atoms with Gasteiger partial charge in [0.15, 0.2) is 17.1 Å². The van der Waals surface area contributed by atoms with Crippen LogP contribution >= 0.6 is 0 Å². The Bertz CT molecular complexity index is 541. The van der Waals surface area contributed by atoms with E-state index in [1.54, 1.807) is 12.1 Å². The predicted octanol–water partition coefficient (Wildman–Crippen LogP) is 1.05. The Labute approximate surface area is 128 Å². The van der Waals surface area contributed by atoms with Crippen molar-refractivity contribution in [2.24, 2.45) is 0 Å². The van der Waals surface area contributed by atoms with E-state index in [0.717, 1.165) is 6.92 Å². The van der Waals surface area contributed by atoms with E-state index in [-0.39, 0.29) is 5.56 Å². The highest BCUT2D eigenvalue weighted by molar-refractivity contribution is 5.95. The van der Waals surface area contributed by atoms with E-state index < -0.39 is 24.0 Å². The van der Waals surface area contributed by atoms with Crippen molar-refractivity contribution < 1.29 is 29.3 Å². The molecule has 1 atom stereocenters. The second kappa shape index (κ2) is 7.65. The van der Waals surface area contributed by atoms with Crippen molar-refractivity contribution >= 4 is 11.9 Å². The molecule has 0 aliphatic rings. The number of hydrogen-bond donors (Lipinski definition) is 3. The third kappa shape index (κ3) is 4.63. The van der Waals surface area contributed by atoms with Crippen LogP contribution in [0, 0.1) is 0 Å². The molecule has 0 fully saturated rings. The van der Waals surface area contributed by atoms with Gasteiger partial charge in [-0.05, 0) is 39.0 Å². The number of benzene rings is 1. The summed E-state index contributed by atoms with van der Waals surface area (Å²) in [6.45, 7) is 5.24. The van der Waals surface area contributed by atoms with Crippen molar-refractivity contribution in [1.82, 2.24) is 5.32 Å². The molecule has 0 saturated carbocycles. The Morgan fingerprint density at radius 2 is 1.77 bits per heavy atom. The third-order valence-electron chi connectivity index (χ3n) is 2.86. The second-order valence-corrected chi connectivity index (χ2v) is 4.79. The first-order valence-electron chi connectivity index (χ1n) is 6.95. The maximum atomic E-state index is 12.0. The fourth-order valence-corrected chi connectivity index (χ4v) is 1.62. The first-order chi connectivity index (χ1) is 10.3. The van der Waals surface area contributed by atoms with Crippen molar-refractivity contribution in [2.45, 2.75) is 26.4 Å². The van der Waals surface area contributed by atoms with Gasteiger partial charge in [-0.3, -0.25) is 4.79 Å². The van der Waals surface area contributed by atoms with E-state index in [9.17, 15) is 14.7 Å². The number of nitrogens with one attached hydrogen (secondary N) is 1. The molecule has 0 aliphatic carbocycles. The lowest BCUT2D eigenvalue weighted by molar-refractivity contribution is -0.155. The minimum absolute atomic E-state index is 0.285. The molecule has 0 aliphatic heterocycles. The SMILES string of the molecule is CCOc1ccc(C(=O)NCC(C)(O)C(=O)O)cc1OCC. The number of aliphatic hydroxyl groups is 1. The van der Waals surface area contributed by atoms with Gasteiger partial charge in [0.25, 0.3) is 5.91 Å². The minimum Gasteiger partial charge on any atom is -0.490 e. The molecule has 122 valence electrons. The highest BCUT2D eigenvalue weighted by Gasteiger charge is 2.30. The Kier molecular flexibility index (Phi) is 6.18. The quantitative estimate of drug-likeness (QED) is 0.663. The van der Waals surface area contributed by atoms with Gasteiger partial charge < -0.3 is 25.0 Å². The van der Waals surface area contributed by atoms with Gasteiger partial charge in [-0.15, -0.1) is 0 Å². The first-order valence-corrected chi connectivity index (χ1v) is 6.95. The maximum absolute atomic E-state index is 12.0. The number of amides is 1. The van der Waals surface area contributed by atoms with E-state index in [4.69, 9.17) is 14.6 Å². The molecule has 7 nitrogen and oxygen atoms in total. The standard InChI is InChI=1S/C15H21NO6/c1-4-21-11-7-6-10(8-12(11)22-5-2)13(17)16-9-15(3,20)14(18)19/h6-8,20H,4-5,9H2,1-3H3,(H,16,17)(H,18,19). The van der Waals surface area contributed by atoms with Crippen LogP contribution in [-0.4, -0.2) is 47.4 Å². The number of aliphatic carboxylic acids is 1.